The lowest BCUT2D eigenvalue weighted by atomic mass is 10.9. The summed E-state index contributed by atoms with van der Waals surface area (Å²) >= 11 is 35.6. The van der Waals surface area contributed by atoms with Crippen molar-refractivity contribution < 1.29 is 4.12 Å². The molecule has 0 rings (SSSR count). The monoisotopic (exact) mass is 454 g/mol. The van der Waals surface area contributed by atoms with Crippen molar-refractivity contribution >= 4 is 95.1 Å². The highest BCUT2D eigenvalue weighted by molar-refractivity contribution is 7.65. The molecular weight excluding hydrogens is 437 g/mol. The van der Waals surface area contributed by atoms with E-state index in [2.05, 4.69) is 26.2 Å². The molecule has 0 unspecified atom stereocenters. The maximum Gasteiger partial charge on any atom is 0.341 e. The molecule has 0 aliphatic rings. The van der Waals surface area contributed by atoms with Crippen LogP contribution in [0.25, 0.3) is 0 Å². The summed E-state index contributed by atoms with van der Waals surface area (Å²) in [7, 11) is -3.63. The van der Waals surface area contributed by atoms with Crippen molar-refractivity contribution in [3.8, 4) is 0 Å². The van der Waals surface area contributed by atoms with Gasteiger partial charge < -0.3 is 4.12 Å². The molecule has 0 aromatic rings. The summed E-state index contributed by atoms with van der Waals surface area (Å²) in [6, 6.07) is -2.07. The van der Waals surface area contributed by atoms with Crippen LogP contribution in [0.1, 0.15) is 0 Å². The van der Waals surface area contributed by atoms with E-state index in [1.54, 1.807) is 0 Å². The topological polar surface area (TPSA) is 9.23 Å². The van der Waals surface area contributed by atoms with Crippen LogP contribution in [0.3, 0.4) is 0 Å². The van der Waals surface area contributed by atoms with Gasteiger partial charge >= 0.3 is 12.0 Å². The van der Waals surface area contributed by atoms with E-state index in [0.717, 1.165) is 12.1 Å². The third-order valence-corrected chi connectivity index (χ3v) is 15.9. The zero-order valence-electron chi connectivity index (χ0n) is 11.5. The van der Waals surface area contributed by atoms with Gasteiger partial charge in [0.25, 0.3) is 0 Å². The third-order valence-electron chi connectivity index (χ3n) is 2.57. The smallest absolute Gasteiger partial charge is 0.341 e. The van der Waals surface area contributed by atoms with Gasteiger partial charge in [0, 0.05) is 0 Å². The summed E-state index contributed by atoms with van der Waals surface area (Å²) in [4.78, 5) is 0. The fourth-order valence-corrected chi connectivity index (χ4v) is 20.7. The molecule has 0 amide bonds. The number of hydrogen-bond acceptors (Lipinski definition) is 1. The van der Waals surface area contributed by atoms with Gasteiger partial charge in [0.1, 0.15) is 0 Å². The normalized spacial score (nSPS) is 14.8. The summed E-state index contributed by atoms with van der Waals surface area (Å²) in [5.41, 5.74) is 0. The molecule has 0 aliphatic carbocycles. The van der Waals surface area contributed by atoms with Crippen molar-refractivity contribution in [2.75, 3.05) is 0 Å². The van der Waals surface area contributed by atoms with Gasteiger partial charge in [-0.05, 0) is 50.4 Å². The van der Waals surface area contributed by atoms with Crippen LogP contribution in [0.4, 0.5) is 0 Å². The second-order valence-electron chi connectivity index (χ2n) is 5.85. The average molecular weight is 457 g/mol. The molecule has 0 aromatic heterocycles. The lowest BCUT2D eigenvalue weighted by Gasteiger charge is -2.35. The minimum atomic E-state index is -2.56. The molecule has 11 heteroatoms. The van der Waals surface area contributed by atoms with Crippen LogP contribution in [-0.4, -0.2) is 28.6 Å². The van der Waals surface area contributed by atoms with Gasteiger partial charge in [0.15, 0.2) is 16.6 Å². The van der Waals surface area contributed by atoms with Gasteiger partial charge in [-0.2, -0.15) is 0 Å². The molecule has 0 saturated heterocycles. The van der Waals surface area contributed by atoms with Crippen molar-refractivity contribution in [1.82, 2.24) is 0 Å². The molecular formula is C8H20Cl6OSi4. The van der Waals surface area contributed by atoms with E-state index in [1.807, 2.05) is 0 Å². The van der Waals surface area contributed by atoms with Crippen molar-refractivity contribution in [3.05, 3.63) is 0 Å². The third kappa shape index (κ3) is 13.9. The van der Waals surface area contributed by atoms with Gasteiger partial charge in [0.05, 0.1) is 0 Å². The van der Waals surface area contributed by atoms with Gasteiger partial charge in [-0.15, -0.1) is 66.5 Å². The van der Waals surface area contributed by atoms with Gasteiger partial charge in [-0.1, -0.05) is 0 Å². The lowest BCUT2D eigenvalue weighted by molar-refractivity contribution is 0.542. The van der Waals surface area contributed by atoms with Crippen LogP contribution in [-0.2, 0) is 4.12 Å². The Morgan fingerprint density at radius 2 is 0.842 bits per heavy atom. The standard InChI is InChI=1S/C8H20Cl6OSi4/c1-16(2,5-7-18(9,10)11)15-17(3,4)6-8-19(12,13)14/h5-8H2,1-4H3. The number of rotatable bonds is 8. The summed E-state index contributed by atoms with van der Waals surface area (Å²) < 4.78 is 6.39. The Balaban J connectivity index is 4.37. The zero-order valence-corrected chi connectivity index (χ0v) is 20.0. The van der Waals surface area contributed by atoms with Crippen molar-refractivity contribution in [3.63, 3.8) is 0 Å². The molecule has 116 valence electrons. The highest BCUT2D eigenvalue weighted by Gasteiger charge is 2.38. The molecule has 0 N–H and O–H groups in total. The Hall–Kier alpha value is 2.57. The summed E-state index contributed by atoms with van der Waals surface area (Å²) in [5.74, 6) is 0. The average Bonchev–Trinajstić information content (AvgIpc) is 2.09. The SMILES string of the molecule is C[Si](C)(CC[Si](Cl)(Cl)Cl)O[Si](C)(C)CC[Si](Cl)(Cl)Cl. The van der Waals surface area contributed by atoms with Gasteiger partial charge in [-0.3, -0.25) is 0 Å². The Bertz CT molecular complexity index is 260. The molecule has 0 atom stereocenters. The maximum absolute atomic E-state index is 6.39. The first kappa shape index (κ1) is 21.6. The van der Waals surface area contributed by atoms with Crippen LogP contribution < -0.4 is 0 Å². The lowest BCUT2D eigenvalue weighted by Crippen LogP contribution is -2.45. The summed E-state index contributed by atoms with van der Waals surface area (Å²) in [5, 5.41) is 0. The zero-order chi connectivity index (χ0) is 15.5. The Morgan fingerprint density at radius 3 is 1.05 bits per heavy atom. The molecule has 0 heterocycles. The fourth-order valence-electron chi connectivity index (χ4n) is 1.74. The largest absolute Gasteiger partial charge is 0.456 e. The number of hydrogen-bond donors (Lipinski definition) is 0. The summed E-state index contributed by atoms with van der Waals surface area (Å²) in [6.45, 7) is 8.66. The van der Waals surface area contributed by atoms with Gasteiger partial charge in [0.2, 0.25) is 0 Å². The predicted octanol–water partition coefficient (Wildman–Crippen LogP) is 6.72. The van der Waals surface area contributed by atoms with E-state index in [0.29, 0.717) is 12.1 Å². The highest BCUT2D eigenvalue weighted by atomic mass is 35.8. The first-order valence-corrected chi connectivity index (χ1v) is 22.7. The first-order valence-electron chi connectivity index (χ1n) is 5.96. The van der Waals surface area contributed by atoms with Crippen molar-refractivity contribution in [2.45, 2.75) is 50.4 Å². The minimum Gasteiger partial charge on any atom is -0.456 e. The number of halogens is 6. The van der Waals surface area contributed by atoms with Gasteiger partial charge in [-0.25, -0.2) is 0 Å². The fraction of sp³-hybridized carbons (Fsp3) is 1.00. The van der Waals surface area contributed by atoms with Crippen LogP contribution >= 0.6 is 66.5 Å². The Morgan fingerprint density at radius 1 is 0.579 bits per heavy atom. The second-order valence-corrected chi connectivity index (χ2v) is 33.3. The van der Waals surface area contributed by atoms with Crippen molar-refractivity contribution in [2.24, 2.45) is 0 Å². The molecule has 0 aromatic carbocycles. The van der Waals surface area contributed by atoms with Crippen LogP contribution in [0, 0.1) is 0 Å². The molecule has 0 spiro atoms. The molecule has 0 saturated carbocycles. The van der Waals surface area contributed by atoms with Crippen LogP contribution in [0.2, 0.25) is 50.4 Å². The first-order chi connectivity index (χ1) is 8.12. The molecule has 0 aliphatic heterocycles. The van der Waals surface area contributed by atoms with Crippen molar-refractivity contribution in [1.29, 1.82) is 0 Å². The van der Waals surface area contributed by atoms with E-state index in [-0.39, 0.29) is 0 Å². The minimum absolute atomic E-state index is 0.653. The van der Waals surface area contributed by atoms with Crippen LogP contribution in [0.15, 0.2) is 0 Å². The molecule has 1 nitrogen and oxygen atoms in total. The molecule has 19 heavy (non-hydrogen) atoms. The highest BCUT2D eigenvalue weighted by Crippen LogP contribution is 2.34. The quantitative estimate of drug-likeness (QED) is 0.290. The summed E-state index contributed by atoms with van der Waals surface area (Å²) in [6.07, 6.45) is 0. The van der Waals surface area contributed by atoms with E-state index < -0.39 is 28.6 Å². The van der Waals surface area contributed by atoms with E-state index in [9.17, 15) is 0 Å². The van der Waals surface area contributed by atoms with E-state index >= 15 is 0 Å². The molecule has 0 fully saturated rings. The molecule has 0 radical (unpaired) electrons. The van der Waals surface area contributed by atoms with E-state index in [1.165, 1.54) is 0 Å². The Kier molecular flexibility index (Phi) is 8.97. The Labute approximate surface area is 148 Å². The van der Waals surface area contributed by atoms with E-state index in [4.69, 9.17) is 70.6 Å². The van der Waals surface area contributed by atoms with Crippen LogP contribution in [0.5, 0.6) is 0 Å². The maximum atomic E-state index is 6.39. The molecule has 0 bridgehead atoms. The second kappa shape index (κ2) is 7.90. The predicted molar refractivity (Wildman–Crippen MR) is 102 cm³/mol.